The van der Waals surface area contributed by atoms with Crippen molar-refractivity contribution >= 4 is 7.60 Å². The Morgan fingerprint density at radius 2 is 1.80 bits per heavy atom. The minimum atomic E-state index is -3.26. The van der Waals surface area contributed by atoms with Crippen molar-refractivity contribution in [1.82, 2.24) is 5.32 Å². The van der Waals surface area contributed by atoms with Crippen LogP contribution in [0, 0.1) is 0 Å². The molecule has 1 aliphatic rings. The molecule has 1 saturated heterocycles. The largest absolute Gasteiger partial charge is 0.355 e. The van der Waals surface area contributed by atoms with Gasteiger partial charge in [0.1, 0.15) is 5.28 Å². The summed E-state index contributed by atoms with van der Waals surface area (Å²) in [5.74, 6) is 0. The topological polar surface area (TPSA) is 47.6 Å². The molecular weight excluding hydrogens is 273 g/mol. The van der Waals surface area contributed by atoms with Crippen LogP contribution in [-0.4, -0.2) is 19.8 Å². The third-order valence-electron chi connectivity index (χ3n) is 3.70. The van der Waals surface area contributed by atoms with Gasteiger partial charge in [0.05, 0.1) is 13.2 Å². The molecule has 1 heterocycles. The van der Waals surface area contributed by atoms with E-state index in [1.807, 2.05) is 44.2 Å². The molecule has 1 fully saturated rings. The van der Waals surface area contributed by atoms with Crippen LogP contribution in [0.15, 0.2) is 30.3 Å². The lowest BCUT2D eigenvalue weighted by Gasteiger charge is -2.42. The highest BCUT2D eigenvalue weighted by Crippen LogP contribution is 2.66. The van der Waals surface area contributed by atoms with Gasteiger partial charge in [0.15, 0.2) is 0 Å². The predicted molar refractivity (Wildman–Crippen MR) is 80.8 cm³/mol. The molecule has 2 rings (SSSR count). The van der Waals surface area contributed by atoms with Crippen LogP contribution < -0.4 is 5.32 Å². The van der Waals surface area contributed by atoms with E-state index < -0.39 is 12.9 Å². The van der Waals surface area contributed by atoms with Gasteiger partial charge < -0.3 is 9.05 Å². The molecule has 0 saturated carbocycles. The fraction of sp³-hybridized carbons (Fsp3) is 0.600. The van der Waals surface area contributed by atoms with Crippen molar-refractivity contribution < 1.29 is 13.6 Å². The van der Waals surface area contributed by atoms with Gasteiger partial charge in [-0.25, -0.2) is 0 Å². The molecule has 1 atom stereocenters. The Morgan fingerprint density at radius 1 is 1.15 bits per heavy atom. The molecule has 0 aromatic heterocycles. The first kappa shape index (κ1) is 15.7. The Labute approximate surface area is 121 Å². The van der Waals surface area contributed by atoms with Crippen LogP contribution >= 0.6 is 7.60 Å². The molecule has 0 aliphatic carbocycles. The molecule has 5 heteroatoms. The lowest BCUT2D eigenvalue weighted by Crippen LogP contribution is -2.46. The van der Waals surface area contributed by atoms with Crippen molar-refractivity contribution in [3.8, 4) is 0 Å². The third kappa shape index (κ3) is 2.84. The van der Waals surface area contributed by atoms with Crippen LogP contribution in [0.3, 0.4) is 0 Å². The number of hydrogen-bond donors (Lipinski definition) is 1. The second-order valence-electron chi connectivity index (χ2n) is 4.94. The Bertz CT molecular complexity index is 447. The van der Waals surface area contributed by atoms with Gasteiger partial charge in [0.2, 0.25) is 0 Å². The highest BCUT2D eigenvalue weighted by atomic mass is 31.2. The number of hydrogen-bond acceptors (Lipinski definition) is 4. The first-order valence-electron chi connectivity index (χ1n) is 7.38. The van der Waals surface area contributed by atoms with Crippen LogP contribution in [0.5, 0.6) is 0 Å². The lowest BCUT2D eigenvalue weighted by molar-refractivity contribution is 0.172. The Balaban J connectivity index is 2.47. The average molecular weight is 297 g/mol. The van der Waals surface area contributed by atoms with Gasteiger partial charge >= 0.3 is 7.60 Å². The summed E-state index contributed by atoms with van der Waals surface area (Å²) in [7, 11) is -3.26. The van der Waals surface area contributed by atoms with E-state index >= 15 is 0 Å². The van der Waals surface area contributed by atoms with Crippen LogP contribution in [0.2, 0.25) is 0 Å². The molecule has 0 spiro atoms. The van der Waals surface area contributed by atoms with Gasteiger partial charge in [-0.3, -0.25) is 9.88 Å². The summed E-state index contributed by atoms with van der Waals surface area (Å²) in [6, 6.07) is 9.91. The van der Waals surface area contributed by atoms with Gasteiger partial charge in [-0.2, -0.15) is 0 Å². The van der Waals surface area contributed by atoms with Crippen LogP contribution in [0.4, 0.5) is 0 Å². The van der Waals surface area contributed by atoms with Crippen molar-refractivity contribution in [1.29, 1.82) is 0 Å². The minimum absolute atomic E-state index is 0.382. The second kappa shape index (κ2) is 6.86. The van der Waals surface area contributed by atoms with E-state index in [0.29, 0.717) is 13.2 Å². The molecular formula is C15H24NO3P. The zero-order chi connectivity index (χ0) is 14.5. The van der Waals surface area contributed by atoms with E-state index in [2.05, 4.69) is 5.32 Å². The molecule has 4 nitrogen and oxygen atoms in total. The number of nitrogens with one attached hydrogen (secondary N) is 1. The smallest absolute Gasteiger partial charge is 0.307 e. The van der Waals surface area contributed by atoms with E-state index in [4.69, 9.17) is 9.05 Å². The first-order valence-corrected chi connectivity index (χ1v) is 8.92. The van der Waals surface area contributed by atoms with E-state index in [-0.39, 0.29) is 0 Å². The standard InChI is InChI=1S/C15H24NO3P/c1-3-18-20(17,19-4-2)15(12-8-9-13-16-15)14-10-6-5-7-11-14/h5-7,10-11,16H,3-4,8-9,12-13H2,1-2H3. The van der Waals surface area contributed by atoms with Crippen LogP contribution in [0.25, 0.3) is 0 Å². The summed E-state index contributed by atoms with van der Waals surface area (Å²) in [5, 5.41) is 2.74. The summed E-state index contributed by atoms with van der Waals surface area (Å²) in [6.07, 6.45) is 2.88. The fourth-order valence-electron chi connectivity index (χ4n) is 2.84. The first-order chi connectivity index (χ1) is 9.68. The number of piperidine rings is 1. The van der Waals surface area contributed by atoms with Crippen molar-refractivity contribution in [2.24, 2.45) is 0 Å². The number of rotatable bonds is 6. The van der Waals surface area contributed by atoms with Crippen LogP contribution in [0.1, 0.15) is 38.7 Å². The van der Waals surface area contributed by atoms with E-state index in [9.17, 15) is 4.57 Å². The Morgan fingerprint density at radius 3 is 2.30 bits per heavy atom. The zero-order valence-electron chi connectivity index (χ0n) is 12.3. The molecule has 1 aromatic rings. The fourth-order valence-corrected chi connectivity index (χ4v) is 5.24. The number of benzene rings is 1. The SMILES string of the molecule is CCOP(=O)(OCC)C1(c2ccccc2)CCCCN1. The maximum Gasteiger partial charge on any atom is 0.355 e. The quantitative estimate of drug-likeness (QED) is 0.809. The third-order valence-corrected chi connectivity index (χ3v) is 6.47. The molecule has 1 aliphatic heterocycles. The maximum atomic E-state index is 13.4. The highest BCUT2D eigenvalue weighted by Gasteiger charge is 2.52. The molecule has 1 unspecified atom stereocenters. The Hall–Kier alpha value is -0.670. The summed E-state index contributed by atoms with van der Waals surface area (Å²) in [5.41, 5.74) is 0.991. The van der Waals surface area contributed by atoms with Crippen molar-refractivity contribution in [2.75, 3.05) is 19.8 Å². The van der Waals surface area contributed by atoms with E-state index in [1.54, 1.807) is 0 Å². The van der Waals surface area contributed by atoms with Crippen molar-refractivity contribution in [2.45, 2.75) is 38.4 Å². The zero-order valence-corrected chi connectivity index (χ0v) is 13.2. The molecule has 1 N–H and O–H groups in total. The van der Waals surface area contributed by atoms with Gasteiger partial charge in [-0.1, -0.05) is 30.3 Å². The summed E-state index contributed by atoms with van der Waals surface area (Å²) >= 11 is 0. The monoisotopic (exact) mass is 297 g/mol. The van der Waals surface area contributed by atoms with Crippen molar-refractivity contribution in [3.05, 3.63) is 35.9 Å². The van der Waals surface area contributed by atoms with Crippen molar-refractivity contribution in [3.63, 3.8) is 0 Å². The lowest BCUT2D eigenvalue weighted by atomic mass is 9.97. The maximum absolute atomic E-state index is 13.4. The normalized spacial score (nSPS) is 23.7. The van der Waals surface area contributed by atoms with E-state index in [0.717, 1.165) is 31.4 Å². The van der Waals surface area contributed by atoms with Gasteiger partial charge in [-0.15, -0.1) is 0 Å². The van der Waals surface area contributed by atoms with Gasteiger partial charge in [-0.05, 0) is 45.2 Å². The van der Waals surface area contributed by atoms with Crippen LogP contribution in [-0.2, 0) is 18.9 Å². The highest BCUT2D eigenvalue weighted by molar-refractivity contribution is 7.55. The Kier molecular flexibility index (Phi) is 5.39. The molecule has 1 aromatic carbocycles. The van der Waals surface area contributed by atoms with Gasteiger partial charge in [0, 0.05) is 0 Å². The minimum Gasteiger partial charge on any atom is -0.307 e. The second-order valence-corrected chi connectivity index (χ2v) is 7.22. The molecule has 20 heavy (non-hydrogen) atoms. The molecule has 0 bridgehead atoms. The average Bonchev–Trinajstić information content (AvgIpc) is 2.49. The predicted octanol–water partition coefficient (Wildman–Crippen LogP) is 3.88. The summed E-state index contributed by atoms with van der Waals surface area (Å²) in [6.45, 7) is 5.31. The molecule has 0 radical (unpaired) electrons. The van der Waals surface area contributed by atoms with E-state index in [1.165, 1.54) is 0 Å². The molecule has 0 amide bonds. The summed E-state index contributed by atoms with van der Waals surface area (Å²) < 4.78 is 24.7. The summed E-state index contributed by atoms with van der Waals surface area (Å²) in [4.78, 5) is 0. The molecule has 112 valence electrons. The van der Waals surface area contributed by atoms with Gasteiger partial charge in [0.25, 0.3) is 0 Å².